The summed E-state index contributed by atoms with van der Waals surface area (Å²) in [6, 6.07) is 16.7. The summed E-state index contributed by atoms with van der Waals surface area (Å²) in [6.07, 6.45) is 7.94. The molecule has 0 aliphatic heterocycles. The van der Waals surface area contributed by atoms with Gasteiger partial charge in [0.1, 0.15) is 11.6 Å². The van der Waals surface area contributed by atoms with Crippen molar-refractivity contribution >= 4 is 17.5 Å². The van der Waals surface area contributed by atoms with E-state index in [1.165, 1.54) is 19.0 Å². The Morgan fingerprint density at radius 3 is 2.61 bits per heavy atom. The molecule has 2 N–H and O–H groups in total. The van der Waals surface area contributed by atoms with Crippen LogP contribution in [0.3, 0.4) is 0 Å². The second kappa shape index (κ2) is 9.25. The van der Waals surface area contributed by atoms with E-state index in [9.17, 15) is 5.26 Å². The third-order valence-corrected chi connectivity index (χ3v) is 6.20. The Labute approximate surface area is 192 Å². The zero-order valence-corrected chi connectivity index (χ0v) is 18.6. The number of anilines is 2. The van der Waals surface area contributed by atoms with E-state index in [4.69, 9.17) is 0 Å². The lowest BCUT2D eigenvalue weighted by Crippen LogP contribution is -2.26. The van der Waals surface area contributed by atoms with Gasteiger partial charge in [-0.1, -0.05) is 37.3 Å². The first-order chi connectivity index (χ1) is 16.2. The van der Waals surface area contributed by atoms with Crippen LogP contribution < -0.4 is 10.6 Å². The van der Waals surface area contributed by atoms with Gasteiger partial charge in [-0.15, -0.1) is 0 Å². The first-order valence-electron chi connectivity index (χ1n) is 11.4. The van der Waals surface area contributed by atoms with Crippen molar-refractivity contribution in [3.05, 3.63) is 66.0 Å². The van der Waals surface area contributed by atoms with Crippen LogP contribution in [0.15, 0.2) is 54.9 Å². The van der Waals surface area contributed by atoms with Gasteiger partial charge in [-0.25, -0.2) is 0 Å². The van der Waals surface area contributed by atoms with Crippen molar-refractivity contribution < 1.29 is 0 Å². The van der Waals surface area contributed by atoms with Crippen LogP contribution in [0.2, 0.25) is 0 Å². The van der Waals surface area contributed by atoms with Gasteiger partial charge in [0.25, 0.3) is 0 Å². The summed E-state index contributed by atoms with van der Waals surface area (Å²) in [7, 11) is 0. The molecule has 0 spiro atoms. The number of nitrogens with one attached hydrogen (secondary N) is 2. The van der Waals surface area contributed by atoms with Gasteiger partial charge >= 0.3 is 0 Å². The molecular formula is C25H26N8. The Bertz CT molecular complexity index is 1270. The summed E-state index contributed by atoms with van der Waals surface area (Å²) in [4.78, 5) is 13.7. The molecule has 1 saturated carbocycles. The second-order valence-corrected chi connectivity index (χ2v) is 8.64. The number of pyridine rings is 1. The molecule has 1 aromatic carbocycles. The molecule has 0 amide bonds. The van der Waals surface area contributed by atoms with Crippen molar-refractivity contribution in [2.45, 2.75) is 45.2 Å². The average molecular weight is 439 g/mol. The molecule has 0 atom stereocenters. The maximum absolute atomic E-state index is 9.48. The van der Waals surface area contributed by atoms with E-state index in [-0.39, 0.29) is 0 Å². The second-order valence-electron chi connectivity index (χ2n) is 8.64. The molecule has 5 rings (SSSR count). The SMILES string of the molecule is CC1CCC(Nc2nc(NCc3ccc(-c4ccccn4)cc3)n3ncc(C#N)c3n2)CC1. The summed E-state index contributed by atoms with van der Waals surface area (Å²) in [5.74, 6) is 1.86. The standard InChI is InChI=1S/C25H26N8/c1-17-5-11-21(12-6-17)30-24-31-23-20(14-26)16-29-33(23)25(32-24)28-15-18-7-9-19(10-8-18)22-4-2-3-13-27-22/h2-4,7-10,13,16-17,21H,5-6,11-12,15H2,1H3,(H2,28,30,31,32). The fourth-order valence-electron chi connectivity index (χ4n) is 4.23. The summed E-state index contributed by atoms with van der Waals surface area (Å²) in [5.41, 5.74) is 4.06. The first kappa shape index (κ1) is 20.9. The summed E-state index contributed by atoms with van der Waals surface area (Å²) in [5, 5.41) is 20.6. The third kappa shape index (κ3) is 4.62. The third-order valence-electron chi connectivity index (χ3n) is 6.20. The highest BCUT2D eigenvalue weighted by Gasteiger charge is 2.20. The molecule has 0 radical (unpaired) electrons. The number of hydrogen-bond donors (Lipinski definition) is 2. The smallest absolute Gasteiger partial charge is 0.229 e. The lowest BCUT2D eigenvalue weighted by Gasteiger charge is -2.27. The molecule has 0 bridgehead atoms. The van der Waals surface area contributed by atoms with E-state index in [2.05, 4.69) is 67.9 Å². The largest absolute Gasteiger partial charge is 0.351 e. The lowest BCUT2D eigenvalue weighted by atomic mass is 9.87. The highest BCUT2D eigenvalue weighted by Crippen LogP contribution is 2.26. The fourth-order valence-corrected chi connectivity index (χ4v) is 4.23. The van der Waals surface area contributed by atoms with Crippen LogP contribution in [-0.4, -0.2) is 30.6 Å². The Hall–Kier alpha value is -3.99. The van der Waals surface area contributed by atoms with Crippen LogP contribution in [0.25, 0.3) is 16.9 Å². The number of aromatic nitrogens is 5. The van der Waals surface area contributed by atoms with Gasteiger partial charge in [-0.3, -0.25) is 4.98 Å². The Kier molecular flexibility index (Phi) is 5.85. The minimum atomic E-state index is 0.351. The molecule has 0 saturated heterocycles. The predicted molar refractivity (Wildman–Crippen MR) is 128 cm³/mol. The highest BCUT2D eigenvalue weighted by atomic mass is 15.4. The minimum Gasteiger partial charge on any atom is -0.351 e. The molecule has 4 aromatic rings. The van der Waals surface area contributed by atoms with Gasteiger partial charge in [0.05, 0.1) is 11.9 Å². The molecule has 0 unspecified atom stereocenters. The Balaban J connectivity index is 1.35. The van der Waals surface area contributed by atoms with Crippen molar-refractivity contribution in [1.82, 2.24) is 24.6 Å². The van der Waals surface area contributed by atoms with Crippen molar-refractivity contribution in [1.29, 1.82) is 5.26 Å². The van der Waals surface area contributed by atoms with Crippen LogP contribution in [0.1, 0.15) is 43.7 Å². The first-order valence-corrected chi connectivity index (χ1v) is 11.4. The fraction of sp³-hybridized carbons (Fsp3) is 0.320. The zero-order chi connectivity index (χ0) is 22.6. The van der Waals surface area contributed by atoms with Crippen LogP contribution in [0.5, 0.6) is 0 Å². The molecule has 1 aliphatic rings. The van der Waals surface area contributed by atoms with Gasteiger partial charge < -0.3 is 10.6 Å². The predicted octanol–water partition coefficient (Wildman–Crippen LogP) is 4.66. The average Bonchev–Trinajstić information content (AvgIpc) is 3.28. The monoisotopic (exact) mass is 438 g/mol. The van der Waals surface area contributed by atoms with Gasteiger partial charge in [0.2, 0.25) is 11.9 Å². The molecular weight excluding hydrogens is 412 g/mol. The number of nitrogens with zero attached hydrogens (tertiary/aromatic N) is 6. The number of rotatable bonds is 6. The van der Waals surface area contributed by atoms with Gasteiger partial charge in [0.15, 0.2) is 5.65 Å². The van der Waals surface area contributed by atoms with E-state index in [0.717, 1.165) is 35.6 Å². The van der Waals surface area contributed by atoms with E-state index in [0.29, 0.717) is 35.7 Å². The summed E-state index contributed by atoms with van der Waals surface area (Å²) in [6.45, 7) is 2.87. The van der Waals surface area contributed by atoms with Crippen molar-refractivity contribution in [2.24, 2.45) is 5.92 Å². The minimum absolute atomic E-state index is 0.351. The number of fused-ring (bicyclic) bond motifs is 1. The summed E-state index contributed by atoms with van der Waals surface area (Å²) < 4.78 is 1.59. The molecule has 8 heteroatoms. The van der Waals surface area contributed by atoms with Gasteiger partial charge in [-0.2, -0.15) is 24.8 Å². The van der Waals surface area contributed by atoms with Crippen molar-refractivity contribution in [2.75, 3.05) is 10.6 Å². The number of nitriles is 1. The van der Waals surface area contributed by atoms with Crippen LogP contribution in [0.4, 0.5) is 11.9 Å². The Morgan fingerprint density at radius 1 is 1.06 bits per heavy atom. The van der Waals surface area contributed by atoms with Gasteiger partial charge in [0, 0.05) is 24.3 Å². The highest BCUT2D eigenvalue weighted by molar-refractivity contribution is 5.60. The topological polar surface area (TPSA) is 104 Å². The van der Waals surface area contributed by atoms with E-state index in [1.807, 2.05) is 18.2 Å². The van der Waals surface area contributed by atoms with E-state index in [1.54, 1.807) is 10.7 Å². The van der Waals surface area contributed by atoms with Crippen molar-refractivity contribution in [3.63, 3.8) is 0 Å². The molecule has 33 heavy (non-hydrogen) atoms. The van der Waals surface area contributed by atoms with E-state index < -0.39 is 0 Å². The number of benzene rings is 1. The van der Waals surface area contributed by atoms with Crippen molar-refractivity contribution in [3.8, 4) is 17.3 Å². The van der Waals surface area contributed by atoms with Crippen LogP contribution in [-0.2, 0) is 6.54 Å². The molecule has 3 heterocycles. The Morgan fingerprint density at radius 2 is 1.88 bits per heavy atom. The van der Waals surface area contributed by atoms with Crippen LogP contribution >= 0.6 is 0 Å². The lowest BCUT2D eigenvalue weighted by molar-refractivity contribution is 0.360. The maximum atomic E-state index is 9.48. The van der Waals surface area contributed by atoms with Crippen LogP contribution in [0, 0.1) is 17.2 Å². The summed E-state index contributed by atoms with van der Waals surface area (Å²) >= 11 is 0. The molecule has 3 aromatic heterocycles. The maximum Gasteiger partial charge on any atom is 0.229 e. The van der Waals surface area contributed by atoms with E-state index >= 15 is 0 Å². The molecule has 1 aliphatic carbocycles. The van der Waals surface area contributed by atoms with Gasteiger partial charge in [-0.05, 0) is 49.3 Å². The zero-order valence-electron chi connectivity index (χ0n) is 18.6. The quantitative estimate of drug-likeness (QED) is 0.451. The normalized spacial score (nSPS) is 18.1. The molecule has 1 fully saturated rings. The number of hydrogen-bond acceptors (Lipinski definition) is 7. The molecule has 166 valence electrons. The molecule has 8 nitrogen and oxygen atoms in total.